The monoisotopic (exact) mass is 403 g/mol. The highest BCUT2D eigenvalue weighted by molar-refractivity contribution is 14.1. The summed E-state index contributed by atoms with van der Waals surface area (Å²) in [5.41, 5.74) is 2.29. The first kappa shape index (κ1) is 15.1. The van der Waals surface area contributed by atoms with Crippen LogP contribution in [0.4, 0.5) is 5.69 Å². The van der Waals surface area contributed by atoms with Crippen molar-refractivity contribution >= 4 is 45.5 Å². The fourth-order valence-electron chi connectivity index (χ4n) is 1.74. The predicted octanol–water partition coefficient (Wildman–Crippen LogP) is 3.93. The number of nitrogens with one attached hydrogen (secondary N) is 1. The van der Waals surface area contributed by atoms with Gasteiger partial charge in [-0.25, -0.2) is 0 Å². The van der Waals surface area contributed by atoms with Crippen LogP contribution in [0.25, 0.3) is 0 Å². The first-order chi connectivity index (χ1) is 9.55. The lowest BCUT2D eigenvalue weighted by molar-refractivity contribution is 0.102. The maximum absolute atomic E-state index is 12.2. The minimum absolute atomic E-state index is 0.125. The Morgan fingerprint density at radius 3 is 2.40 bits per heavy atom. The SMILES string of the molecule is COc1cc(C)c(NC(=O)c2csc(I)c2)cc1OC. The van der Waals surface area contributed by atoms with E-state index in [2.05, 4.69) is 27.9 Å². The van der Waals surface area contributed by atoms with E-state index in [1.807, 2.05) is 24.4 Å². The summed E-state index contributed by atoms with van der Waals surface area (Å²) in [6.45, 7) is 1.91. The molecule has 0 spiro atoms. The van der Waals surface area contributed by atoms with Crippen molar-refractivity contribution in [1.82, 2.24) is 0 Å². The third kappa shape index (κ3) is 3.24. The molecule has 1 N–H and O–H groups in total. The quantitative estimate of drug-likeness (QED) is 0.788. The summed E-state index contributed by atoms with van der Waals surface area (Å²) >= 11 is 3.74. The second-order valence-corrected chi connectivity index (χ2v) is 6.92. The molecule has 1 heterocycles. The lowest BCUT2D eigenvalue weighted by atomic mass is 10.1. The van der Waals surface area contributed by atoms with Crippen LogP contribution in [0.2, 0.25) is 0 Å². The molecule has 1 amide bonds. The number of ether oxygens (including phenoxy) is 2. The van der Waals surface area contributed by atoms with Crippen LogP contribution in [0.5, 0.6) is 11.5 Å². The van der Waals surface area contributed by atoms with E-state index in [4.69, 9.17) is 9.47 Å². The van der Waals surface area contributed by atoms with Crippen molar-refractivity contribution in [3.8, 4) is 11.5 Å². The lowest BCUT2D eigenvalue weighted by Crippen LogP contribution is -2.12. The molecule has 2 aromatic rings. The van der Waals surface area contributed by atoms with Crippen LogP contribution < -0.4 is 14.8 Å². The van der Waals surface area contributed by atoms with Crippen LogP contribution in [0.3, 0.4) is 0 Å². The van der Waals surface area contributed by atoms with Gasteiger partial charge in [0.05, 0.1) is 22.7 Å². The highest BCUT2D eigenvalue weighted by Gasteiger charge is 2.13. The van der Waals surface area contributed by atoms with Crippen LogP contribution >= 0.6 is 33.9 Å². The Labute approximate surface area is 135 Å². The molecular formula is C14H14INO3S. The first-order valence-corrected chi connectivity index (χ1v) is 7.79. The summed E-state index contributed by atoms with van der Waals surface area (Å²) in [6, 6.07) is 5.46. The van der Waals surface area contributed by atoms with Crippen molar-refractivity contribution in [2.75, 3.05) is 19.5 Å². The number of halogens is 1. The summed E-state index contributed by atoms with van der Waals surface area (Å²) in [6.07, 6.45) is 0. The Morgan fingerprint density at radius 2 is 1.85 bits per heavy atom. The molecule has 0 bridgehead atoms. The van der Waals surface area contributed by atoms with E-state index in [0.717, 1.165) is 8.45 Å². The van der Waals surface area contributed by atoms with Gasteiger partial charge in [0, 0.05) is 17.1 Å². The minimum Gasteiger partial charge on any atom is -0.493 e. The number of hydrogen-bond donors (Lipinski definition) is 1. The number of amides is 1. The summed E-state index contributed by atoms with van der Waals surface area (Å²) in [5, 5.41) is 4.74. The molecule has 2 rings (SSSR count). The van der Waals surface area contributed by atoms with Gasteiger partial charge in [0.25, 0.3) is 5.91 Å². The summed E-state index contributed by atoms with van der Waals surface area (Å²) in [5.74, 6) is 1.11. The number of rotatable bonds is 4. The van der Waals surface area contributed by atoms with E-state index in [0.29, 0.717) is 22.7 Å². The molecule has 0 aliphatic rings. The maximum Gasteiger partial charge on any atom is 0.256 e. The topological polar surface area (TPSA) is 47.6 Å². The van der Waals surface area contributed by atoms with Crippen molar-refractivity contribution < 1.29 is 14.3 Å². The molecule has 0 fully saturated rings. The maximum atomic E-state index is 12.2. The van der Waals surface area contributed by atoms with Gasteiger partial charge in [0.15, 0.2) is 11.5 Å². The number of anilines is 1. The molecule has 1 aromatic heterocycles. The van der Waals surface area contributed by atoms with E-state index in [9.17, 15) is 4.79 Å². The van der Waals surface area contributed by atoms with Gasteiger partial charge in [-0.2, -0.15) is 0 Å². The number of benzene rings is 1. The Balaban J connectivity index is 2.27. The minimum atomic E-state index is -0.125. The molecule has 4 nitrogen and oxygen atoms in total. The van der Waals surface area contributed by atoms with Gasteiger partial charge in [-0.15, -0.1) is 11.3 Å². The van der Waals surface area contributed by atoms with Crippen LogP contribution in [0.1, 0.15) is 15.9 Å². The van der Waals surface area contributed by atoms with E-state index >= 15 is 0 Å². The molecule has 20 heavy (non-hydrogen) atoms. The van der Waals surface area contributed by atoms with Gasteiger partial charge in [0.1, 0.15) is 0 Å². The molecule has 0 saturated heterocycles. The molecule has 106 valence electrons. The van der Waals surface area contributed by atoms with Crippen molar-refractivity contribution in [1.29, 1.82) is 0 Å². The fourth-order valence-corrected chi connectivity index (χ4v) is 3.07. The molecule has 0 radical (unpaired) electrons. The highest BCUT2D eigenvalue weighted by atomic mass is 127. The Kier molecular flexibility index (Phi) is 4.87. The standard InChI is InChI=1S/C14H14INO3S/c1-8-4-11(18-2)12(19-3)6-10(8)16-14(17)9-5-13(15)20-7-9/h4-7H,1-3H3,(H,16,17). The van der Waals surface area contributed by atoms with Gasteiger partial charge in [-0.3, -0.25) is 4.79 Å². The van der Waals surface area contributed by atoms with Gasteiger partial charge >= 0.3 is 0 Å². The van der Waals surface area contributed by atoms with Crippen LogP contribution in [-0.2, 0) is 0 Å². The van der Waals surface area contributed by atoms with Crippen molar-refractivity contribution in [3.05, 3.63) is 37.6 Å². The second-order valence-electron chi connectivity index (χ2n) is 4.12. The van der Waals surface area contributed by atoms with Gasteiger partial charge in [-0.05, 0) is 47.2 Å². The number of carbonyl (C=O) groups excluding carboxylic acids is 1. The number of thiophene rings is 1. The molecule has 0 saturated carbocycles. The zero-order chi connectivity index (χ0) is 14.7. The predicted molar refractivity (Wildman–Crippen MR) is 89.3 cm³/mol. The molecule has 6 heteroatoms. The average molecular weight is 403 g/mol. The molecule has 0 unspecified atom stereocenters. The van der Waals surface area contributed by atoms with E-state index in [-0.39, 0.29) is 5.91 Å². The van der Waals surface area contributed by atoms with Crippen molar-refractivity contribution in [2.45, 2.75) is 6.92 Å². The van der Waals surface area contributed by atoms with Crippen LogP contribution in [0, 0.1) is 9.81 Å². The lowest BCUT2D eigenvalue weighted by Gasteiger charge is -2.13. The largest absolute Gasteiger partial charge is 0.493 e. The Bertz CT molecular complexity index is 639. The second kappa shape index (κ2) is 6.45. The van der Waals surface area contributed by atoms with E-state index in [1.54, 1.807) is 31.6 Å². The van der Waals surface area contributed by atoms with Crippen molar-refractivity contribution in [2.24, 2.45) is 0 Å². The fraction of sp³-hybridized carbons (Fsp3) is 0.214. The third-order valence-electron chi connectivity index (χ3n) is 2.81. The first-order valence-electron chi connectivity index (χ1n) is 5.83. The smallest absolute Gasteiger partial charge is 0.256 e. The molecule has 1 aromatic carbocycles. The van der Waals surface area contributed by atoms with Gasteiger partial charge in [0.2, 0.25) is 0 Å². The van der Waals surface area contributed by atoms with Gasteiger partial charge < -0.3 is 14.8 Å². The third-order valence-corrected chi connectivity index (χ3v) is 4.60. The average Bonchev–Trinajstić information content (AvgIpc) is 2.87. The van der Waals surface area contributed by atoms with Gasteiger partial charge in [-0.1, -0.05) is 0 Å². The zero-order valence-corrected chi connectivity index (χ0v) is 14.3. The highest BCUT2D eigenvalue weighted by Crippen LogP contribution is 2.33. The zero-order valence-electron chi connectivity index (χ0n) is 11.3. The summed E-state index contributed by atoms with van der Waals surface area (Å²) < 4.78 is 11.6. The number of hydrogen-bond acceptors (Lipinski definition) is 4. The van der Waals surface area contributed by atoms with Crippen LogP contribution in [0.15, 0.2) is 23.6 Å². The van der Waals surface area contributed by atoms with E-state index < -0.39 is 0 Å². The van der Waals surface area contributed by atoms with Crippen molar-refractivity contribution in [3.63, 3.8) is 0 Å². The normalized spacial score (nSPS) is 10.2. The molecule has 0 aliphatic carbocycles. The molecular weight excluding hydrogens is 389 g/mol. The molecule has 0 atom stereocenters. The number of methoxy groups -OCH3 is 2. The Hall–Kier alpha value is -1.28. The number of carbonyl (C=O) groups is 1. The Morgan fingerprint density at radius 1 is 1.20 bits per heavy atom. The number of aryl methyl sites for hydroxylation is 1. The summed E-state index contributed by atoms with van der Waals surface area (Å²) in [7, 11) is 3.16. The summed E-state index contributed by atoms with van der Waals surface area (Å²) in [4.78, 5) is 12.2. The van der Waals surface area contributed by atoms with Crippen LogP contribution in [-0.4, -0.2) is 20.1 Å². The van der Waals surface area contributed by atoms with E-state index in [1.165, 1.54) is 0 Å². The molecule has 0 aliphatic heterocycles.